The van der Waals surface area contributed by atoms with Gasteiger partial charge in [0.05, 0.1) is 0 Å². The van der Waals surface area contributed by atoms with Crippen LogP contribution >= 0.6 is 0 Å². The summed E-state index contributed by atoms with van der Waals surface area (Å²) in [7, 11) is 2.21. The second kappa shape index (κ2) is 5.28. The van der Waals surface area contributed by atoms with Crippen molar-refractivity contribution in [3.63, 3.8) is 0 Å². The number of hydrogen-bond acceptors (Lipinski definition) is 3. The molecule has 0 aromatic carbocycles. The summed E-state index contributed by atoms with van der Waals surface area (Å²) in [5.41, 5.74) is 5.98. The molecular formula is C12H27N3. The van der Waals surface area contributed by atoms with E-state index in [-0.39, 0.29) is 5.54 Å². The molecule has 1 fully saturated rings. The fourth-order valence-corrected chi connectivity index (χ4v) is 2.25. The minimum absolute atomic E-state index is 0.00415. The first-order valence-corrected chi connectivity index (χ1v) is 6.10. The van der Waals surface area contributed by atoms with E-state index in [2.05, 4.69) is 37.6 Å². The van der Waals surface area contributed by atoms with E-state index in [1.54, 1.807) is 0 Å². The molecular weight excluding hydrogens is 186 g/mol. The number of nitrogens with two attached hydrogens (primary N) is 1. The van der Waals surface area contributed by atoms with Crippen molar-refractivity contribution in [2.75, 3.05) is 33.2 Å². The van der Waals surface area contributed by atoms with E-state index >= 15 is 0 Å². The maximum absolute atomic E-state index is 5.98. The third-order valence-electron chi connectivity index (χ3n) is 3.23. The molecule has 90 valence electrons. The van der Waals surface area contributed by atoms with Crippen molar-refractivity contribution in [2.24, 2.45) is 5.73 Å². The molecule has 0 aliphatic carbocycles. The molecule has 3 nitrogen and oxygen atoms in total. The van der Waals surface area contributed by atoms with Crippen LogP contribution in [0.1, 0.15) is 33.6 Å². The molecule has 0 bridgehead atoms. The van der Waals surface area contributed by atoms with Crippen molar-refractivity contribution in [1.29, 1.82) is 0 Å². The van der Waals surface area contributed by atoms with Gasteiger partial charge in [-0.25, -0.2) is 0 Å². The van der Waals surface area contributed by atoms with Crippen LogP contribution in [-0.2, 0) is 0 Å². The second-order valence-electron chi connectivity index (χ2n) is 5.74. The summed E-state index contributed by atoms with van der Waals surface area (Å²) in [4.78, 5) is 5.00. The normalized spacial score (nSPS) is 25.8. The van der Waals surface area contributed by atoms with E-state index < -0.39 is 0 Å². The van der Waals surface area contributed by atoms with Crippen LogP contribution in [0.4, 0.5) is 0 Å². The van der Waals surface area contributed by atoms with Crippen LogP contribution < -0.4 is 5.73 Å². The zero-order valence-electron chi connectivity index (χ0n) is 10.8. The summed E-state index contributed by atoms with van der Waals surface area (Å²) < 4.78 is 0. The Kier molecular flexibility index (Phi) is 4.56. The summed E-state index contributed by atoms with van der Waals surface area (Å²) >= 11 is 0. The van der Waals surface area contributed by atoms with Crippen LogP contribution in [0, 0.1) is 0 Å². The Morgan fingerprint density at radius 3 is 2.53 bits per heavy atom. The lowest BCUT2D eigenvalue weighted by Crippen LogP contribution is -2.50. The van der Waals surface area contributed by atoms with E-state index in [1.165, 1.54) is 32.6 Å². The van der Waals surface area contributed by atoms with Crippen molar-refractivity contribution < 1.29 is 0 Å². The summed E-state index contributed by atoms with van der Waals surface area (Å²) in [6.45, 7) is 11.4. The molecule has 1 aliphatic heterocycles. The van der Waals surface area contributed by atoms with Gasteiger partial charge in [0.1, 0.15) is 0 Å². The zero-order chi connectivity index (χ0) is 11.5. The van der Waals surface area contributed by atoms with Crippen LogP contribution in [0.3, 0.4) is 0 Å². The van der Waals surface area contributed by atoms with Crippen molar-refractivity contribution in [2.45, 2.75) is 45.2 Å². The SMILES string of the molecule is CC1CN(C)CCN1CCCC(C)(C)N. The van der Waals surface area contributed by atoms with Crippen molar-refractivity contribution in [3.8, 4) is 0 Å². The standard InChI is InChI=1S/C12H27N3/c1-11-10-14(4)8-9-15(11)7-5-6-12(2,3)13/h11H,5-10,13H2,1-4H3. The lowest BCUT2D eigenvalue weighted by molar-refractivity contribution is 0.0971. The van der Waals surface area contributed by atoms with Gasteiger partial charge in [-0.1, -0.05) is 0 Å². The van der Waals surface area contributed by atoms with Crippen LogP contribution in [0.25, 0.3) is 0 Å². The lowest BCUT2D eigenvalue weighted by atomic mass is 9.99. The molecule has 1 atom stereocenters. The van der Waals surface area contributed by atoms with Crippen LogP contribution in [0.2, 0.25) is 0 Å². The van der Waals surface area contributed by atoms with Crippen LogP contribution in [0.5, 0.6) is 0 Å². The van der Waals surface area contributed by atoms with Crippen molar-refractivity contribution in [3.05, 3.63) is 0 Å². The average Bonchev–Trinajstić information content (AvgIpc) is 2.07. The fraction of sp³-hybridized carbons (Fsp3) is 1.00. The van der Waals surface area contributed by atoms with Gasteiger partial charge in [0.25, 0.3) is 0 Å². The van der Waals surface area contributed by atoms with Gasteiger partial charge in [0.2, 0.25) is 0 Å². The number of hydrogen-bond donors (Lipinski definition) is 1. The third-order valence-corrected chi connectivity index (χ3v) is 3.23. The first kappa shape index (κ1) is 12.9. The monoisotopic (exact) mass is 213 g/mol. The Balaban J connectivity index is 2.21. The van der Waals surface area contributed by atoms with E-state index in [0.717, 1.165) is 6.42 Å². The van der Waals surface area contributed by atoms with Crippen LogP contribution in [-0.4, -0.2) is 54.6 Å². The van der Waals surface area contributed by atoms with E-state index in [0.29, 0.717) is 6.04 Å². The number of rotatable bonds is 4. The molecule has 2 N–H and O–H groups in total. The average molecular weight is 213 g/mol. The van der Waals surface area contributed by atoms with Gasteiger partial charge in [-0.3, -0.25) is 4.90 Å². The highest BCUT2D eigenvalue weighted by Gasteiger charge is 2.21. The van der Waals surface area contributed by atoms with Gasteiger partial charge in [-0.2, -0.15) is 0 Å². The first-order chi connectivity index (χ1) is 6.88. The molecule has 0 radical (unpaired) electrons. The highest BCUT2D eigenvalue weighted by molar-refractivity contribution is 4.78. The van der Waals surface area contributed by atoms with E-state index in [9.17, 15) is 0 Å². The molecule has 0 aromatic heterocycles. The lowest BCUT2D eigenvalue weighted by Gasteiger charge is -2.38. The van der Waals surface area contributed by atoms with Crippen molar-refractivity contribution in [1.82, 2.24) is 9.80 Å². The van der Waals surface area contributed by atoms with Crippen molar-refractivity contribution >= 4 is 0 Å². The summed E-state index contributed by atoms with van der Waals surface area (Å²) in [5.74, 6) is 0. The molecule has 0 saturated carbocycles. The number of likely N-dealkylation sites (N-methyl/N-ethyl adjacent to an activating group) is 1. The fourth-order valence-electron chi connectivity index (χ4n) is 2.25. The third kappa shape index (κ3) is 4.96. The van der Waals surface area contributed by atoms with Gasteiger partial charge < -0.3 is 10.6 Å². The van der Waals surface area contributed by atoms with Gasteiger partial charge in [0, 0.05) is 31.2 Å². The Morgan fingerprint density at radius 2 is 2.00 bits per heavy atom. The maximum atomic E-state index is 5.98. The van der Waals surface area contributed by atoms with Gasteiger partial charge in [-0.15, -0.1) is 0 Å². The maximum Gasteiger partial charge on any atom is 0.0195 e. The predicted octanol–water partition coefficient (Wildman–Crippen LogP) is 1.14. The quantitative estimate of drug-likeness (QED) is 0.760. The topological polar surface area (TPSA) is 32.5 Å². The minimum atomic E-state index is -0.00415. The van der Waals surface area contributed by atoms with Crippen LogP contribution in [0.15, 0.2) is 0 Å². The second-order valence-corrected chi connectivity index (χ2v) is 5.74. The molecule has 1 rings (SSSR count). The number of piperazine rings is 1. The summed E-state index contributed by atoms with van der Waals surface area (Å²) in [6, 6.07) is 0.699. The van der Waals surface area contributed by atoms with E-state index in [1.807, 2.05) is 0 Å². The minimum Gasteiger partial charge on any atom is -0.326 e. The molecule has 1 heterocycles. The molecule has 0 spiro atoms. The molecule has 1 saturated heterocycles. The van der Waals surface area contributed by atoms with Gasteiger partial charge in [0.15, 0.2) is 0 Å². The Labute approximate surface area is 94.6 Å². The largest absolute Gasteiger partial charge is 0.326 e. The molecule has 3 heteroatoms. The predicted molar refractivity (Wildman–Crippen MR) is 66.0 cm³/mol. The summed E-state index contributed by atoms with van der Waals surface area (Å²) in [5, 5.41) is 0. The molecule has 15 heavy (non-hydrogen) atoms. The smallest absolute Gasteiger partial charge is 0.0195 e. The molecule has 0 aromatic rings. The zero-order valence-corrected chi connectivity index (χ0v) is 10.8. The molecule has 1 unspecified atom stereocenters. The Bertz CT molecular complexity index is 186. The highest BCUT2D eigenvalue weighted by Crippen LogP contribution is 2.12. The Morgan fingerprint density at radius 1 is 1.33 bits per heavy atom. The van der Waals surface area contributed by atoms with Gasteiger partial charge in [-0.05, 0) is 47.2 Å². The highest BCUT2D eigenvalue weighted by atomic mass is 15.3. The van der Waals surface area contributed by atoms with E-state index in [4.69, 9.17) is 5.73 Å². The molecule has 0 amide bonds. The van der Waals surface area contributed by atoms with Gasteiger partial charge >= 0.3 is 0 Å². The molecule has 1 aliphatic rings. The summed E-state index contributed by atoms with van der Waals surface area (Å²) in [6.07, 6.45) is 2.34. The first-order valence-electron chi connectivity index (χ1n) is 6.10. The Hall–Kier alpha value is -0.120. The number of nitrogens with zero attached hydrogens (tertiary/aromatic N) is 2.